The maximum Gasteiger partial charge on any atom is 0.126 e. The van der Waals surface area contributed by atoms with Gasteiger partial charge in [-0.15, -0.1) is 0 Å². The first-order valence-electron chi connectivity index (χ1n) is 4.24. The Balaban J connectivity index is 3.17. The molecule has 0 aliphatic carbocycles. The van der Waals surface area contributed by atoms with Crippen LogP contribution in [-0.2, 0) is 0 Å². The van der Waals surface area contributed by atoms with Gasteiger partial charge in [0.15, 0.2) is 0 Å². The first-order valence-corrected chi connectivity index (χ1v) is 4.24. The van der Waals surface area contributed by atoms with Crippen molar-refractivity contribution in [2.75, 3.05) is 0 Å². The summed E-state index contributed by atoms with van der Waals surface area (Å²) in [5.41, 5.74) is 2.50. The molecule has 0 unspecified atom stereocenters. The fraction of sp³-hybridized carbons (Fsp3) is 0.167. The molecule has 1 aromatic carbocycles. The van der Waals surface area contributed by atoms with Gasteiger partial charge in [-0.25, -0.2) is 4.39 Å². The van der Waals surface area contributed by atoms with Crippen LogP contribution >= 0.6 is 0 Å². The van der Waals surface area contributed by atoms with Gasteiger partial charge in [-0.1, -0.05) is 30.9 Å². The Morgan fingerprint density at radius 3 is 2.62 bits per heavy atom. The molecule has 0 atom stereocenters. The van der Waals surface area contributed by atoms with Crippen LogP contribution in [0.5, 0.6) is 0 Å². The standard InChI is InChI=1S/C12H13F/c1-4-10(5-2)11-7-6-9(3)12(13)8-11/h4-8H,1H2,2-3H3/b10-5-. The summed E-state index contributed by atoms with van der Waals surface area (Å²) in [6.45, 7) is 7.33. The van der Waals surface area contributed by atoms with Crippen LogP contribution in [0.3, 0.4) is 0 Å². The quantitative estimate of drug-likeness (QED) is 0.602. The highest BCUT2D eigenvalue weighted by molar-refractivity contribution is 5.73. The number of aryl methyl sites for hydroxylation is 1. The molecule has 1 heteroatoms. The van der Waals surface area contributed by atoms with E-state index in [1.807, 2.05) is 19.1 Å². The predicted octanol–water partition coefficient (Wildman–Crippen LogP) is 3.72. The number of benzene rings is 1. The lowest BCUT2D eigenvalue weighted by Gasteiger charge is -2.03. The van der Waals surface area contributed by atoms with Gasteiger partial charge in [-0.3, -0.25) is 0 Å². The second-order valence-corrected chi connectivity index (χ2v) is 2.91. The number of halogens is 1. The Morgan fingerprint density at radius 1 is 1.46 bits per heavy atom. The van der Waals surface area contributed by atoms with Crippen LogP contribution < -0.4 is 0 Å². The van der Waals surface area contributed by atoms with Crippen molar-refractivity contribution in [3.8, 4) is 0 Å². The molecule has 13 heavy (non-hydrogen) atoms. The van der Waals surface area contributed by atoms with Crippen LogP contribution in [-0.4, -0.2) is 0 Å². The van der Waals surface area contributed by atoms with Crippen LogP contribution in [0.2, 0.25) is 0 Å². The molecule has 0 N–H and O–H groups in total. The van der Waals surface area contributed by atoms with Gasteiger partial charge in [0.1, 0.15) is 5.82 Å². The van der Waals surface area contributed by atoms with Crippen molar-refractivity contribution in [1.82, 2.24) is 0 Å². The summed E-state index contributed by atoms with van der Waals surface area (Å²) in [4.78, 5) is 0. The molecule has 0 aromatic heterocycles. The van der Waals surface area contributed by atoms with Gasteiger partial charge in [-0.05, 0) is 36.6 Å². The maximum absolute atomic E-state index is 13.2. The van der Waals surface area contributed by atoms with Crippen LogP contribution in [0.25, 0.3) is 5.57 Å². The highest BCUT2D eigenvalue weighted by Gasteiger charge is 2.00. The van der Waals surface area contributed by atoms with Crippen LogP contribution in [0, 0.1) is 12.7 Å². The Labute approximate surface area is 78.4 Å². The van der Waals surface area contributed by atoms with Crippen molar-refractivity contribution in [3.05, 3.63) is 53.9 Å². The average molecular weight is 176 g/mol. The van der Waals surface area contributed by atoms with Crippen molar-refractivity contribution in [2.24, 2.45) is 0 Å². The van der Waals surface area contributed by atoms with E-state index in [1.165, 1.54) is 6.07 Å². The van der Waals surface area contributed by atoms with E-state index in [9.17, 15) is 4.39 Å². The Hall–Kier alpha value is -1.37. The highest BCUT2D eigenvalue weighted by atomic mass is 19.1. The Bertz CT molecular complexity index is 348. The summed E-state index contributed by atoms with van der Waals surface area (Å²) in [6, 6.07) is 5.21. The second kappa shape index (κ2) is 4.04. The van der Waals surface area contributed by atoms with E-state index in [1.54, 1.807) is 19.1 Å². The number of hydrogen-bond acceptors (Lipinski definition) is 0. The summed E-state index contributed by atoms with van der Waals surface area (Å²) in [7, 11) is 0. The number of allylic oxidation sites excluding steroid dienone is 3. The molecule has 0 fully saturated rings. The summed E-state index contributed by atoms with van der Waals surface area (Å²) >= 11 is 0. The molecule has 0 radical (unpaired) electrons. The van der Waals surface area contributed by atoms with Crippen LogP contribution in [0.1, 0.15) is 18.1 Å². The van der Waals surface area contributed by atoms with E-state index in [2.05, 4.69) is 6.58 Å². The zero-order valence-electron chi connectivity index (χ0n) is 7.97. The molecule has 68 valence electrons. The number of hydrogen-bond donors (Lipinski definition) is 0. The fourth-order valence-corrected chi connectivity index (χ4v) is 1.17. The highest BCUT2D eigenvalue weighted by Crippen LogP contribution is 2.18. The zero-order valence-corrected chi connectivity index (χ0v) is 7.97. The normalized spacial score (nSPS) is 11.5. The summed E-state index contributed by atoms with van der Waals surface area (Å²) in [5, 5.41) is 0. The molecule has 0 bridgehead atoms. The smallest absolute Gasteiger partial charge is 0.126 e. The molecular formula is C12H13F. The van der Waals surface area contributed by atoms with Gasteiger partial charge >= 0.3 is 0 Å². The van der Waals surface area contributed by atoms with Gasteiger partial charge in [0.25, 0.3) is 0 Å². The molecule has 0 saturated carbocycles. The lowest BCUT2D eigenvalue weighted by molar-refractivity contribution is 0.618. The van der Waals surface area contributed by atoms with E-state index in [0.29, 0.717) is 5.56 Å². The van der Waals surface area contributed by atoms with Crippen molar-refractivity contribution >= 4 is 5.57 Å². The largest absolute Gasteiger partial charge is 0.207 e. The van der Waals surface area contributed by atoms with Gasteiger partial charge in [0.2, 0.25) is 0 Å². The number of rotatable bonds is 2. The molecule has 0 aliphatic heterocycles. The van der Waals surface area contributed by atoms with Gasteiger partial charge in [0, 0.05) is 0 Å². The molecule has 0 amide bonds. The van der Waals surface area contributed by atoms with Crippen molar-refractivity contribution in [2.45, 2.75) is 13.8 Å². The Kier molecular flexibility index (Phi) is 3.02. The van der Waals surface area contributed by atoms with Crippen LogP contribution in [0.15, 0.2) is 36.9 Å². The summed E-state index contributed by atoms with van der Waals surface area (Å²) < 4.78 is 13.2. The monoisotopic (exact) mass is 176 g/mol. The molecular weight excluding hydrogens is 163 g/mol. The minimum atomic E-state index is -0.168. The van der Waals surface area contributed by atoms with E-state index < -0.39 is 0 Å². The molecule has 1 rings (SSSR count). The first-order chi connectivity index (χ1) is 6.19. The lowest BCUT2D eigenvalue weighted by Crippen LogP contribution is -1.86. The molecule has 0 spiro atoms. The molecule has 0 nitrogen and oxygen atoms in total. The van der Waals surface area contributed by atoms with Gasteiger partial charge in [-0.2, -0.15) is 0 Å². The maximum atomic E-state index is 13.2. The molecule has 0 heterocycles. The first kappa shape index (κ1) is 9.72. The van der Waals surface area contributed by atoms with Crippen molar-refractivity contribution in [1.29, 1.82) is 0 Å². The van der Waals surface area contributed by atoms with E-state index in [0.717, 1.165) is 11.1 Å². The lowest BCUT2D eigenvalue weighted by atomic mass is 10.0. The summed E-state index contributed by atoms with van der Waals surface area (Å²) in [5.74, 6) is -0.168. The Morgan fingerprint density at radius 2 is 2.15 bits per heavy atom. The van der Waals surface area contributed by atoms with E-state index in [-0.39, 0.29) is 5.82 Å². The molecule has 0 aliphatic rings. The zero-order chi connectivity index (χ0) is 9.84. The van der Waals surface area contributed by atoms with Crippen molar-refractivity contribution < 1.29 is 4.39 Å². The average Bonchev–Trinajstić information content (AvgIpc) is 2.13. The van der Waals surface area contributed by atoms with E-state index >= 15 is 0 Å². The molecule has 1 aromatic rings. The minimum Gasteiger partial charge on any atom is -0.207 e. The van der Waals surface area contributed by atoms with Crippen molar-refractivity contribution in [3.63, 3.8) is 0 Å². The van der Waals surface area contributed by atoms with Crippen LogP contribution in [0.4, 0.5) is 4.39 Å². The third-order valence-corrected chi connectivity index (χ3v) is 2.04. The SMILES string of the molecule is C=C/C(=C/C)c1ccc(C)c(F)c1. The predicted molar refractivity (Wildman–Crippen MR) is 55.0 cm³/mol. The second-order valence-electron chi connectivity index (χ2n) is 2.91. The third-order valence-electron chi connectivity index (χ3n) is 2.04. The fourth-order valence-electron chi connectivity index (χ4n) is 1.17. The third kappa shape index (κ3) is 2.05. The van der Waals surface area contributed by atoms with E-state index in [4.69, 9.17) is 0 Å². The molecule has 0 saturated heterocycles. The topological polar surface area (TPSA) is 0 Å². The summed E-state index contributed by atoms with van der Waals surface area (Å²) in [6.07, 6.45) is 3.64. The minimum absolute atomic E-state index is 0.168. The van der Waals surface area contributed by atoms with Gasteiger partial charge in [0.05, 0.1) is 0 Å². The van der Waals surface area contributed by atoms with Gasteiger partial charge < -0.3 is 0 Å².